The molecule has 0 saturated carbocycles. The molecule has 2 amide bonds. The zero-order chi connectivity index (χ0) is 16.0. The molecule has 0 heterocycles. The summed E-state index contributed by atoms with van der Waals surface area (Å²) < 4.78 is 14.0. The molecule has 5 nitrogen and oxygen atoms in total. The molecule has 1 aromatic rings. The number of nitrogens with zero attached hydrogens (tertiary/aromatic N) is 1. The number of aliphatic hydroxyl groups is 1. The van der Waals surface area contributed by atoms with Gasteiger partial charge in [-0.3, -0.25) is 0 Å². The van der Waals surface area contributed by atoms with E-state index in [1.807, 2.05) is 25.8 Å². The summed E-state index contributed by atoms with van der Waals surface area (Å²) in [5.74, 6) is -0.382. The highest BCUT2D eigenvalue weighted by Gasteiger charge is 2.12. The van der Waals surface area contributed by atoms with Gasteiger partial charge in [0.1, 0.15) is 5.82 Å². The summed E-state index contributed by atoms with van der Waals surface area (Å²) in [6.07, 6.45) is 0.472. The molecule has 0 aliphatic carbocycles. The predicted molar refractivity (Wildman–Crippen MR) is 83.3 cm³/mol. The molecular formula is C15H24FN3O2. The zero-order valence-electron chi connectivity index (χ0n) is 13.0. The molecule has 6 heteroatoms. The highest BCUT2D eigenvalue weighted by molar-refractivity contribution is 5.89. The summed E-state index contributed by atoms with van der Waals surface area (Å²) in [6.45, 7) is 5.74. The largest absolute Gasteiger partial charge is 0.396 e. The van der Waals surface area contributed by atoms with Crippen LogP contribution in [0.25, 0.3) is 0 Å². The third-order valence-corrected chi connectivity index (χ3v) is 3.30. The third kappa shape index (κ3) is 5.23. The van der Waals surface area contributed by atoms with Crippen LogP contribution >= 0.6 is 0 Å². The lowest BCUT2D eigenvalue weighted by Crippen LogP contribution is -2.36. The van der Waals surface area contributed by atoms with Gasteiger partial charge >= 0.3 is 6.03 Å². The quantitative estimate of drug-likeness (QED) is 0.756. The molecule has 0 spiro atoms. The number of nitrogens with one attached hydrogen (secondary N) is 2. The van der Waals surface area contributed by atoms with E-state index in [0.29, 0.717) is 17.8 Å². The SMILES string of the molecule is CC(C)N(C)c1ccc(NC(=O)N[C@H](C)CCO)cc1F. The van der Waals surface area contributed by atoms with Crippen molar-refractivity contribution in [3.63, 3.8) is 0 Å². The van der Waals surface area contributed by atoms with E-state index >= 15 is 0 Å². The van der Waals surface area contributed by atoms with Crippen molar-refractivity contribution in [3.05, 3.63) is 24.0 Å². The lowest BCUT2D eigenvalue weighted by Gasteiger charge is -2.24. The highest BCUT2D eigenvalue weighted by atomic mass is 19.1. The second kappa shape index (κ2) is 7.83. The molecule has 21 heavy (non-hydrogen) atoms. The highest BCUT2D eigenvalue weighted by Crippen LogP contribution is 2.23. The van der Waals surface area contributed by atoms with Crippen LogP contribution in [0.4, 0.5) is 20.6 Å². The van der Waals surface area contributed by atoms with Crippen LogP contribution in [0.3, 0.4) is 0 Å². The summed E-state index contributed by atoms with van der Waals surface area (Å²) in [6, 6.07) is 4.22. The summed E-state index contributed by atoms with van der Waals surface area (Å²) in [5.41, 5.74) is 0.881. The lowest BCUT2D eigenvalue weighted by molar-refractivity contribution is 0.241. The molecule has 3 N–H and O–H groups in total. The summed E-state index contributed by atoms with van der Waals surface area (Å²) in [7, 11) is 1.82. The van der Waals surface area contributed by atoms with E-state index in [1.54, 1.807) is 19.1 Å². The van der Waals surface area contributed by atoms with Gasteiger partial charge in [-0.25, -0.2) is 9.18 Å². The van der Waals surface area contributed by atoms with Gasteiger partial charge in [0.2, 0.25) is 0 Å². The van der Waals surface area contributed by atoms with E-state index in [4.69, 9.17) is 5.11 Å². The van der Waals surface area contributed by atoms with Crippen molar-refractivity contribution < 1.29 is 14.3 Å². The average molecular weight is 297 g/mol. The minimum absolute atomic E-state index is 0.00626. The van der Waals surface area contributed by atoms with Crippen LogP contribution < -0.4 is 15.5 Å². The average Bonchev–Trinajstić information content (AvgIpc) is 2.37. The number of carbonyl (C=O) groups is 1. The van der Waals surface area contributed by atoms with Crippen LogP contribution in [0.15, 0.2) is 18.2 Å². The Labute approximate surface area is 125 Å². The Morgan fingerprint density at radius 2 is 2.05 bits per heavy atom. The van der Waals surface area contributed by atoms with Gasteiger partial charge in [0.15, 0.2) is 0 Å². The zero-order valence-corrected chi connectivity index (χ0v) is 13.0. The molecule has 1 atom stereocenters. The maximum Gasteiger partial charge on any atom is 0.319 e. The minimum atomic E-state index is -0.416. The molecule has 0 bridgehead atoms. The Kier molecular flexibility index (Phi) is 6.42. The first kappa shape index (κ1) is 17.2. The van der Waals surface area contributed by atoms with Crippen molar-refractivity contribution >= 4 is 17.4 Å². The van der Waals surface area contributed by atoms with Crippen LogP contribution in [0.2, 0.25) is 0 Å². The van der Waals surface area contributed by atoms with E-state index in [1.165, 1.54) is 6.07 Å². The number of aliphatic hydroxyl groups excluding tert-OH is 1. The molecule has 0 radical (unpaired) electrons. The van der Waals surface area contributed by atoms with Gasteiger partial charge in [0.05, 0.1) is 5.69 Å². The Morgan fingerprint density at radius 3 is 2.57 bits per heavy atom. The first-order valence-electron chi connectivity index (χ1n) is 7.06. The van der Waals surface area contributed by atoms with Crippen molar-refractivity contribution in [1.29, 1.82) is 0 Å². The monoisotopic (exact) mass is 297 g/mol. The van der Waals surface area contributed by atoms with Crippen LogP contribution in [0.1, 0.15) is 27.2 Å². The molecule has 0 unspecified atom stereocenters. The summed E-state index contributed by atoms with van der Waals surface area (Å²) in [4.78, 5) is 13.5. The van der Waals surface area contributed by atoms with Gasteiger partial charge in [0, 0.05) is 31.4 Å². The van der Waals surface area contributed by atoms with Crippen molar-refractivity contribution in [2.75, 3.05) is 23.9 Å². The van der Waals surface area contributed by atoms with E-state index in [-0.39, 0.29) is 24.5 Å². The fourth-order valence-corrected chi connectivity index (χ4v) is 1.81. The Hall–Kier alpha value is -1.82. The number of amides is 2. The molecular weight excluding hydrogens is 273 g/mol. The summed E-state index contributed by atoms with van der Waals surface area (Å²) >= 11 is 0. The maximum absolute atomic E-state index is 14.0. The third-order valence-electron chi connectivity index (χ3n) is 3.30. The number of benzene rings is 1. The Morgan fingerprint density at radius 1 is 1.38 bits per heavy atom. The molecule has 0 aliphatic heterocycles. The first-order valence-corrected chi connectivity index (χ1v) is 7.06. The van der Waals surface area contributed by atoms with Gasteiger partial charge in [0.25, 0.3) is 0 Å². The van der Waals surface area contributed by atoms with E-state index in [9.17, 15) is 9.18 Å². The van der Waals surface area contributed by atoms with Crippen molar-refractivity contribution in [3.8, 4) is 0 Å². The topological polar surface area (TPSA) is 64.6 Å². The van der Waals surface area contributed by atoms with Crippen LogP contribution in [0, 0.1) is 5.82 Å². The fourth-order valence-electron chi connectivity index (χ4n) is 1.81. The first-order chi connectivity index (χ1) is 9.85. The second-order valence-electron chi connectivity index (χ2n) is 5.38. The smallest absolute Gasteiger partial charge is 0.319 e. The second-order valence-corrected chi connectivity index (χ2v) is 5.38. The number of halogens is 1. The van der Waals surface area contributed by atoms with Crippen LogP contribution in [0.5, 0.6) is 0 Å². The van der Waals surface area contributed by atoms with Crippen LogP contribution in [-0.4, -0.2) is 36.9 Å². The van der Waals surface area contributed by atoms with Crippen molar-refractivity contribution in [1.82, 2.24) is 5.32 Å². The van der Waals surface area contributed by atoms with Gasteiger partial charge in [-0.05, 0) is 45.4 Å². The molecule has 1 rings (SSSR count). The van der Waals surface area contributed by atoms with Gasteiger partial charge in [-0.2, -0.15) is 0 Å². The Bertz CT molecular complexity index is 480. The molecule has 118 valence electrons. The molecule has 0 saturated heterocycles. The predicted octanol–water partition coefficient (Wildman–Crippen LogP) is 2.56. The number of rotatable bonds is 6. The van der Waals surface area contributed by atoms with Gasteiger partial charge < -0.3 is 20.6 Å². The minimum Gasteiger partial charge on any atom is -0.396 e. The number of hydrogen-bond donors (Lipinski definition) is 3. The van der Waals surface area contributed by atoms with Crippen molar-refractivity contribution in [2.45, 2.75) is 39.3 Å². The van der Waals surface area contributed by atoms with E-state index in [0.717, 1.165) is 0 Å². The summed E-state index contributed by atoms with van der Waals surface area (Å²) in [5, 5.41) is 14.0. The van der Waals surface area contributed by atoms with E-state index in [2.05, 4.69) is 10.6 Å². The van der Waals surface area contributed by atoms with Crippen LogP contribution in [-0.2, 0) is 0 Å². The fraction of sp³-hybridized carbons (Fsp3) is 0.533. The Balaban J connectivity index is 2.69. The lowest BCUT2D eigenvalue weighted by atomic mass is 10.2. The molecule has 1 aromatic carbocycles. The normalized spacial score (nSPS) is 12.1. The van der Waals surface area contributed by atoms with Gasteiger partial charge in [-0.15, -0.1) is 0 Å². The van der Waals surface area contributed by atoms with Crippen molar-refractivity contribution in [2.24, 2.45) is 0 Å². The maximum atomic E-state index is 14.0. The number of carbonyl (C=O) groups excluding carboxylic acids is 1. The molecule has 0 aliphatic rings. The number of hydrogen-bond acceptors (Lipinski definition) is 3. The molecule has 0 aromatic heterocycles. The standard InChI is InChI=1S/C15H24FN3O2/c1-10(2)19(4)14-6-5-12(9-13(14)16)18-15(21)17-11(3)7-8-20/h5-6,9-11,20H,7-8H2,1-4H3,(H2,17,18,21)/t11-/m1/s1. The number of anilines is 2. The number of urea groups is 1. The van der Waals surface area contributed by atoms with E-state index < -0.39 is 6.03 Å². The molecule has 0 fully saturated rings. The van der Waals surface area contributed by atoms with Gasteiger partial charge in [-0.1, -0.05) is 0 Å².